The molecule has 1 aromatic carbocycles. The molecule has 1 fully saturated rings. The van der Waals surface area contributed by atoms with E-state index in [0.29, 0.717) is 11.7 Å². The van der Waals surface area contributed by atoms with Crippen molar-refractivity contribution in [2.45, 2.75) is 84.4 Å². The number of nitrogens with one attached hydrogen (secondary N) is 1. The number of thiophene rings is 1. The van der Waals surface area contributed by atoms with E-state index >= 15 is 0 Å². The first-order chi connectivity index (χ1) is 18.5. The second kappa shape index (κ2) is 12.7. The molecule has 1 aliphatic carbocycles. The smallest absolute Gasteiger partial charge is 0.326 e. The predicted octanol–water partition coefficient (Wildman–Crippen LogP) is 6.34. The Labute approximate surface area is 236 Å². The molecule has 0 amide bonds. The molecule has 0 saturated heterocycles. The van der Waals surface area contributed by atoms with E-state index in [4.69, 9.17) is 9.47 Å². The van der Waals surface area contributed by atoms with Gasteiger partial charge in [0.05, 0.1) is 11.2 Å². The molecule has 3 aromatic rings. The topological polar surface area (TPSA) is 72.8 Å². The number of hydrogen-bond donors (Lipinski definition) is 1. The highest BCUT2D eigenvalue weighted by Gasteiger charge is 2.29. The number of nitrogens with zero attached hydrogens (tertiary/aromatic N) is 2. The second-order valence-electron chi connectivity index (χ2n) is 11.8. The van der Waals surface area contributed by atoms with Gasteiger partial charge in [-0.25, -0.2) is 0 Å². The van der Waals surface area contributed by atoms with Crippen molar-refractivity contribution in [2.24, 2.45) is 0 Å². The highest BCUT2D eigenvalue weighted by molar-refractivity contribution is 7.10. The fraction of sp³-hybridized carbons (Fsp3) is 0.548. The minimum atomic E-state index is -0.584. The number of likely N-dealkylation sites (N-methyl/N-ethyl adjacent to an activating group) is 1. The summed E-state index contributed by atoms with van der Waals surface area (Å²) < 4.78 is 13.4. The van der Waals surface area contributed by atoms with Gasteiger partial charge in [0.2, 0.25) is 0 Å². The standard InChI is InChI=1S/C31H43N3O4S/c1-21(35)37-23-12-13-24-26(18-23)34(20-28(36)38-31(2,3)4)30(29(24)22-10-8-7-9-11-22)25-14-17-39-27(25)19-32-15-16-33(5)6/h12-14,17-18,22,32H,7-11,15-16,19-20H2,1-6H3. The summed E-state index contributed by atoms with van der Waals surface area (Å²) in [6.45, 7) is 9.79. The molecule has 0 aliphatic heterocycles. The summed E-state index contributed by atoms with van der Waals surface area (Å²) in [6, 6.07) is 8.02. The molecule has 0 bridgehead atoms. The average molecular weight is 554 g/mol. The van der Waals surface area contributed by atoms with Crippen LogP contribution in [0, 0.1) is 0 Å². The van der Waals surface area contributed by atoms with Crippen molar-refractivity contribution in [1.29, 1.82) is 0 Å². The lowest BCUT2D eigenvalue weighted by atomic mass is 9.82. The number of benzene rings is 1. The van der Waals surface area contributed by atoms with Gasteiger partial charge >= 0.3 is 11.9 Å². The van der Waals surface area contributed by atoms with E-state index in [9.17, 15) is 9.59 Å². The molecule has 212 valence electrons. The Morgan fingerprint density at radius 2 is 1.87 bits per heavy atom. The van der Waals surface area contributed by atoms with Crippen LogP contribution in [-0.2, 0) is 27.4 Å². The van der Waals surface area contributed by atoms with E-state index in [1.165, 1.54) is 36.6 Å². The average Bonchev–Trinajstić information content (AvgIpc) is 3.42. The van der Waals surface area contributed by atoms with Crippen molar-refractivity contribution in [3.05, 3.63) is 40.1 Å². The fourth-order valence-electron chi connectivity index (χ4n) is 5.54. The zero-order valence-electron chi connectivity index (χ0n) is 24.3. The van der Waals surface area contributed by atoms with Crippen LogP contribution in [0.3, 0.4) is 0 Å². The molecule has 0 atom stereocenters. The number of fused-ring (bicyclic) bond motifs is 1. The molecule has 8 heteroatoms. The molecular formula is C31H43N3O4S. The van der Waals surface area contributed by atoms with Crippen molar-refractivity contribution in [2.75, 3.05) is 27.2 Å². The first-order valence-electron chi connectivity index (χ1n) is 14.0. The third kappa shape index (κ3) is 7.50. The summed E-state index contributed by atoms with van der Waals surface area (Å²) in [5.41, 5.74) is 3.86. The van der Waals surface area contributed by atoms with E-state index in [1.54, 1.807) is 11.3 Å². The van der Waals surface area contributed by atoms with Gasteiger partial charge in [0.1, 0.15) is 17.9 Å². The minimum absolute atomic E-state index is 0.0860. The van der Waals surface area contributed by atoms with Gasteiger partial charge in [0, 0.05) is 48.5 Å². The number of aromatic nitrogens is 1. The van der Waals surface area contributed by atoms with Crippen LogP contribution in [0.5, 0.6) is 5.75 Å². The van der Waals surface area contributed by atoms with E-state index in [-0.39, 0.29) is 18.5 Å². The normalized spacial score (nSPS) is 14.7. The van der Waals surface area contributed by atoms with Crippen molar-refractivity contribution < 1.29 is 19.1 Å². The largest absolute Gasteiger partial charge is 0.459 e. The maximum atomic E-state index is 13.3. The zero-order chi connectivity index (χ0) is 28.2. The molecule has 0 unspecified atom stereocenters. The van der Waals surface area contributed by atoms with Gasteiger partial charge in [-0.05, 0) is 82.8 Å². The molecular weight excluding hydrogens is 510 g/mol. The van der Waals surface area contributed by atoms with Gasteiger partial charge in [-0.3, -0.25) is 9.59 Å². The monoisotopic (exact) mass is 553 g/mol. The maximum Gasteiger partial charge on any atom is 0.326 e. The molecule has 0 radical (unpaired) electrons. The lowest BCUT2D eigenvalue weighted by Crippen LogP contribution is -2.27. The lowest BCUT2D eigenvalue weighted by molar-refractivity contribution is -0.155. The van der Waals surface area contributed by atoms with Gasteiger partial charge in [-0.2, -0.15) is 0 Å². The van der Waals surface area contributed by atoms with Crippen LogP contribution in [0.1, 0.15) is 76.2 Å². The molecule has 39 heavy (non-hydrogen) atoms. The van der Waals surface area contributed by atoms with Crippen LogP contribution >= 0.6 is 11.3 Å². The Hall–Kier alpha value is -2.68. The molecule has 2 heterocycles. The molecule has 0 spiro atoms. The third-order valence-electron chi connectivity index (χ3n) is 7.08. The van der Waals surface area contributed by atoms with Crippen molar-refractivity contribution in [3.63, 3.8) is 0 Å². The molecule has 1 saturated carbocycles. The molecule has 4 rings (SSSR count). The minimum Gasteiger partial charge on any atom is -0.459 e. The third-order valence-corrected chi connectivity index (χ3v) is 8.00. The first-order valence-corrected chi connectivity index (χ1v) is 14.9. The number of carbonyl (C=O) groups is 2. The summed E-state index contributed by atoms with van der Waals surface area (Å²) >= 11 is 1.74. The van der Waals surface area contributed by atoms with Crippen LogP contribution < -0.4 is 10.1 Å². The zero-order valence-corrected chi connectivity index (χ0v) is 25.1. The second-order valence-corrected chi connectivity index (χ2v) is 12.8. The van der Waals surface area contributed by atoms with Gasteiger partial charge in [0.25, 0.3) is 0 Å². The van der Waals surface area contributed by atoms with E-state index in [1.807, 2.05) is 32.9 Å². The number of hydrogen-bond acceptors (Lipinski definition) is 7. The highest BCUT2D eigenvalue weighted by atomic mass is 32.1. The SMILES string of the molecule is CC(=O)Oc1ccc2c(C3CCCCC3)c(-c3ccsc3CNCCN(C)C)n(CC(=O)OC(C)(C)C)c2c1. The maximum absolute atomic E-state index is 13.3. The Morgan fingerprint density at radius 3 is 2.54 bits per heavy atom. The summed E-state index contributed by atoms with van der Waals surface area (Å²) in [4.78, 5) is 28.5. The molecule has 2 aromatic heterocycles. The summed E-state index contributed by atoms with van der Waals surface area (Å²) in [5, 5.41) is 6.86. The number of carbonyl (C=O) groups excluding carboxylic acids is 2. The van der Waals surface area contributed by atoms with Crippen LogP contribution in [0.2, 0.25) is 0 Å². The number of ether oxygens (including phenoxy) is 2. The Kier molecular flexibility index (Phi) is 9.51. The Bertz CT molecular complexity index is 1300. The van der Waals surface area contributed by atoms with Gasteiger partial charge in [-0.15, -0.1) is 11.3 Å². The summed E-state index contributed by atoms with van der Waals surface area (Å²) in [7, 11) is 4.15. The Balaban J connectivity index is 1.88. The van der Waals surface area contributed by atoms with Crippen molar-refractivity contribution in [1.82, 2.24) is 14.8 Å². The number of rotatable bonds is 10. The van der Waals surface area contributed by atoms with E-state index in [0.717, 1.165) is 54.6 Å². The predicted molar refractivity (Wildman–Crippen MR) is 158 cm³/mol. The summed E-state index contributed by atoms with van der Waals surface area (Å²) in [5.74, 6) is 0.242. The molecule has 7 nitrogen and oxygen atoms in total. The lowest BCUT2D eigenvalue weighted by Gasteiger charge is -2.24. The van der Waals surface area contributed by atoms with Gasteiger partial charge in [0.15, 0.2) is 0 Å². The highest BCUT2D eigenvalue weighted by Crippen LogP contribution is 2.46. The van der Waals surface area contributed by atoms with Gasteiger partial charge < -0.3 is 24.3 Å². The van der Waals surface area contributed by atoms with Crippen molar-refractivity contribution >= 4 is 34.2 Å². The van der Waals surface area contributed by atoms with Crippen molar-refractivity contribution in [3.8, 4) is 17.0 Å². The van der Waals surface area contributed by atoms with Crippen LogP contribution in [0.25, 0.3) is 22.2 Å². The molecule has 1 aliphatic rings. The molecule has 1 N–H and O–H groups in total. The van der Waals surface area contributed by atoms with Crippen LogP contribution in [0.4, 0.5) is 0 Å². The quantitative estimate of drug-likeness (QED) is 0.180. The van der Waals surface area contributed by atoms with Gasteiger partial charge in [-0.1, -0.05) is 19.3 Å². The number of esters is 2. The van der Waals surface area contributed by atoms with Crippen LogP contribution in [-0.4, -0.2) is 54.2 Å². The first kappa shape index (κ1) is 29.3. The summed E-state index contributed by atoms with van der Waals surface area (Å²) in [6.07, 6.45) is 5.93. The van der Waals surface area contributed by atoms with E-state index in [2.05, 4.69) is 46.4 Å². The fourth-order valence-corrected chi connectivity index (χ4v) is 6.39. The van der Waals surface area contributed by atoms with E-state index < -0.39 is 5.60 Å². The van der Waals surface area contributed by atoms with Crippen LogP contribution in [0.15, 0.2) is 29.6 Å². The Morgan fingerprint density at radius 1 is 1.13 bits per heavy atom.